The maximum atomic E-state index is 12.7. The fourth-order valence-corrected chi connectivity index (χ4v) is 11.3. The molecule has 12 rings (SSSR count). The first-order valence-electron chi connectivity index (χ1n) is 28.6. The average Bonchev–Trinajstić information content (AvgIpc) is 1.33. The summed E-state index contributed by atoms with van der Waals surface area (Å²) < 4.78 is 5.46. The molecule has 4 aromatic heterocycles. The highest BCUT2D eigenvalue weighted by Crippen LogP contribution is 2.47. The summed E-state index contributed by atoms with van der Waals surface area (Å²) >= 11 is 0. The predicted molar refractivity (Wildman–Crippen MR) is 328 cm³/mol. The summed E-state index contributed by atoms with van der Waals surface area (Å²) in [4.78, 5) is 50.7. The second-order valence-electron chi connectivity index (χ2n) is 21.6. The molecular weight excluding hydrogens is 1120 g/mol. The van der Waals surface area contributed by atoms with Crippen molar-refractivity contribution in [3.8, 4) is 45.0 Å². The van der Waals surface area contributed by atoms with Crippen LogP contribution in [0.2, 0.25) is 0 Å². The molecule has 4 N–H and O–H groups in total. The van der Waals surface area contributed by atoms with Crippen LogP contribution in [0.25, 0.3) is 45.0 Å². The molecule has 0 bridgehead atoms. The third kappa shape index (κ3) is 12.4. The van der Waals surface area contributed by atoms with Crippen molar-refractivity contribution >= 4 is 23.9 Å². The molecule has 0 fully saturated rings. The Labute approximate surface area is 509 Å². The number of carboxylic acid groups (broad SMARTS) is 4. The minimum absolute atomic E-state index is 0.192. The highest BCUT2D eigenvalue weighted by atomic mass is 16.4. The lowest BCUT2D eigenvalue weighted by Crippen LogP contribution is -2.31. The molecule has 0 aliphatic heterocycles. The predicted octanol–water partition coefficient (Wildman–Crippen LogP) is 10.6. The van der Waals surface area contributed by atoms with E-state index in [0.717, 1.165) is 44.5 Å². The standard InChI is InChI=1S/C69H56N12O8/c82-65(83)61(37-45-13-5-1-6-14-45)78-41-57(70-74-78)49-21-29-53(30-22-49)69(54-31-23-50(24-32-54)58-42-79(75-71-58)62(66(84)85)38-46-15-7-2-8-16-46,55-33-25-51(26-34-55)59-43-80(76-72-59)63(67(86)87)39-47-17-9-3-10-18-47)56-35-27-52(28-36-56)60-44-81(77-73-60)64(68(88)89)40-48-19-11-4-12-20-48/h1-36,41-44,61-64H,37-40H2,(H,82,83)(H,84,85)(H,86,87)(H,88,89)/t61-,62-,63-,64-/m0/s1. The van der Waals surface area contributed by atoms with E-state index in [2.05, 4.69) is 41.2 Å². The molecule has 0 saturated heterocycles. The third-order valence-electron chi connectivity index (χ3n) is 16.0. The number of aliphatic carboxylic acids is 4. The summed E-state index contributed by atoms with van der Waals surface area (Å²) in [6, 6.07) is 64.4. The van der Waals surface area contributed by atoms with Crippen LogP contribution in [0.4, 0.5) is 0 Å². The van der Waals surface area contributed by atoms with Gasteiger partial charge in [-0.2, -0.15) is 0 Å². The topological polar surface area (TPSA) is 272 Å². The van der Waals surface area contributed by atoms with Gasteiger partial charge in [0.15, 0.2) is 24.2 Å². The molecule has 12 aromatic rings. The van der Waals surface area contributed by atoms with E-state index in [0.29, 0.717) is 45.0 Å². The first-order valence-corrected chi connectivity index (χ1v) is 28.6. The Hall–Kier alpha value is -11.8. The summed E-state index contributed by atoms with van der Waals surface area (Å²) in [6.45, 7) is 0. The van der Waals surface area contributed by atoms with Crippen LogP contribution >= 0.6 is 0 Å². The molecule has 0 unspecified atom stereocenters. The number of aromatic nitrogens is 12. The van der Waals surface area contributed by atoms with Gasteiger partial charge in [0.05, 0.1) is 30.2 Å². The maximum absolute atomic E-state index is 12.7. The monoisotopic (exact) mass is 1180 g/mol. The number of carboxylic acids is 4. The van der Waals surface area contributed by atoms with Crippen molar-refractivity contribution < 1.29 is 39.6 Å². The summed E-state index contributed by atoms with van der Waals surface area (Å²) in [7, 11) is 0. The lowest BCUT2D eigenvalue weighted by Gasteiger charge is -2.37. The minimum atomic E-state index is -1.17. The number of hydrogen-bond acceptors (Lipinski definition) is 12. The van der Waals surface area contributed by atoms with Crippen LogP contribution in [0, 0.1) is 0 Å². The lowest BCUT2D eigenvalue weighted by atomic mass is 9.64. The summed E-state index contributed by atoms with van der Waals surface area (Å²) in [5, 5.41) is 76.5. The number of benzene rings is 8. The zero-order chi connectivity index (χ0) is 61.4. The van der Waals surface area contributed by atoms with Gasteiger partial charge in [-0.3, -0.25) is 0 Å². The quantitative estimate of drug-likeness (QED) is 0.0410. The molecule has 4 atom stereocenters. The first-order chi connectivity index (χ1) is 43.4. The van der Waals surface area contributed by atoms with Crippen LogP contribution in [0.5, 0.6) is 0 Å². The lowest BCUT2D eigenvalue weighted by molar-refractivity contribution is -0.142. The maximum Gasteiger partial charge on any atom is 0.328 e. The van der Waals surface area contributed by atoms with Gasteiger partial charge in [0.2, 0.25) is 0 Å². The van der Waals surface area contributed by atoms with E-state index in [-0.39, 0.29) is 25.7 Å². The molecule has 8 aromatic carbocycles. The fourth-order valence-electron chi connectivity index (χ4n) is 11.3. The summed E-state index contributed by atoms with van der Waals surface area (Å²) in [5.74, 6) is -4.22. The zero-order valence-electron chi connectivity index (χ0n) is 47.5. The zero-order valence-corrected chi connectivity index (χ0v) is 47.5. The van der Waals surface area contributed by atoms with Crippen molar-refractivity contribution in [1.29, 1.82) is 0 Å². The largest absolute Gasteiger partial charge is 0.480 e. The van der Waals surface area contributed by atoms with Crippen LogP contribution in [0.1, 0.15) is 68.7 Å². The van der Waals surface area contributed by atoms with E-state index in [1.807, 2.05) is 218 Å². The van der Waals surface area contributed by atoms with E-state index in [1.54, 1.807) is 24.8 Å². The van der Waals surface area contributed by atoms with Crippen molar-refractivity contribution in [1.82, 2.24) is 60.0 Å². The van der Waals surface area contributed by atoms with Gasteiger partial charge >= 0.3 is 23.9 Å². The van der Waals surface area contributed by atoms with Crippen molar-refractivity contribution in [2.45, 2.75) is 55.3 Å². The van der Waals surface area contributed by atoms with Crippen molar-refractivity contribution in [2.24, 2.45) is 0 Å². The molecular formula is C69H56N12O8. The van der Waals surface area contributed by atoms with Gasteiger partial charge in [0, 0.05) is 47.9 Å². The van der Waals surface area contributed by atoms with E-state index in [1.165, 1.54) is 18.7 Å². The van der Waals surface area contributed by atoms with Gasteiger partial charge < -0.3 is 20.4 Å². The molecule has 0 saturated carbocycles. The molecule has 0 aliphatic rings. The molecule has 20 nitrogen and oxygen atoms in total. The molecule has 89 heavy (non-hydrogen) atoms. The van der Waals surface area contributed by atoms with Crippen LogP contribution in [0.3, 0.4) is 0 Å². The number of rotatable bonds is 24. The number of carbonyl (C=O) groups is 4. The second-order valence-corrected chi connectivity index (χ2v) is 21.6. The smallest absolute Gasteiger partial charge is 0.328 e. The van der Waals surface area contributed by atoms with E-state index >= 15 is 0 Å². The van der Waals surface area contributed by atoms with Gasteiger partial charge in [-0.25, -0.2) is 37.9 Å². The Morgan fingerprint density at radius 2 is 0.483 bits per heavy atom. The third-order valence-corrected chi connectivity index (χ3v) is 16.0. The minimum Gasteiger partial charge on any atom is -0.480 e. The van der Waals surface area contributed by atoms with Gasteiger partial charge in [0.25, 0.3) is 0 Å². The van der Waals surface area contributed by atoms with E-state index in [4.69, 9.17) is 0 Å². The Morgan fingerprint density at radius 1 is 0.292 bits per heavy atom. The molecule has 4 heterocycles. The Morgan fingerprint density at radius 3 is 0.663 bits per heavy atom. The van der Waals surface area contributed by atoms with Crippen molar-refractivity contribution in [2.75, 3.05) is 0 Å². The Balaban J connectivity index is 0.969. The summed E-state index contributed by atoms with van der Waals surface area (Å²) in [6.07, 6.45) is 7.28. The van der Waals surface area contributed by atoms with Crippen molar-refractivity contribution in [3.05, 3.63) is 288 Å². The van der Waals surface area contributed by atoms with Gasteiger partial charge in [-0.15, -0.1) is 20.4 Å². The average molecular weight is 1180 g/mol. The van der Waals surface area contributed by atoms with Crippen LogP contribution in [-0.2, 0) is 50.3 Å². The van der Waals surface area contributed by atoms with E-state index < -0.39 is 53.5 Å². The molecule has 0 aliphatic carbocycles. The highest BCUT2D eigenvalue weighted by Gasteiger charge is 2.39. The second kappa shape index (κ2) is 25.4. The van der Waals surface area contributed by atoms with Gasteiger partial charge in [0.1, 0.15) is 22.8 Å². The van der Waals surface area contributed by atoms with Crippen LogP contribution < -0.4 is 0 Å². The number of nitrogens with zero attached hydrogens (tertiary/aromatic N) is 12. The van der Waals surface area contributed by atoms with Crippen LogP contribution in [0.15, 0.2) is 243 Å². The molecule has 0 spiro atoms. The van der Waals surface area contributed by atoms with Crippen LogP contribution in [-0.4, -0.2) is 104 Å². The molecule has 440 valence electrons. The van der Waals surface area contributed by atoms with Gasteiger partial charge in [-0.05, 0) is 44.5 Å². The summed E-state index contributed by atoms with van der Waals surface area (Å²) in [5.41, 5.74) is 9.78. The Kier molecular flexibility index (Phi) is 16.5. The van der Waals surface area contributed by atoms with E-state index in [9.17, 15) is 39.6 Å². The Bertz CT molecular complexity index is 3830. The first kappa shape index (κ1) is 57.6. The normalized spacial score (nSPS) is 12.9. The SMILES string of the molecule is O=C(O)[C@H](Cc1ccccc1)n1cc(-c2ccc(C(c3ccc(-c4cn([C@@H](Cc5ccccc5)C(=O)O)nn4)cc3)(c3ccc(-c4cn([C@@H](Cc5ccccc5)C(=O)O)nn4)cc3)c3ccc(-c4cn([C@@H](Cc5ccccc5)C(=O)O)nn4)cc3)cc2)nn1. The fraction of sp³-hybridized carbons (Fsp3) is 0.130. The van der Waals surface area contributed by atoms with Crippen molar-refractivity contribution in [3.63, 3.8) is 0 Å². The van der Waals surface area contributed by atoms with Gasteiger partial charge in [-0.1, -0.05) is 239 Å². The number of hydrogen-bond donors (Lipinski definition) is 4. The highest BCUT2D eigenvalue weighted by molar-refractivity contribution is 5.75. The molecule has 0 radical (unpaired) electrons. The molecule has 0 amide bonds. The molecule has 20 heteroatoms.